The molecule has 9 nitrogen and oxygen atoms in total. The summed E-state index contributed by atoms with van der Waals surface area (Å²) in [6.45, 7) is 8.30. The van der Waals surface area contributed by atoms with E-state index in [0.717, 1.165) is 43.7 Å². The molecule has 1 aliphatic rings. The Labute approximate surface area is 197 Å². The van der Waals surface area contributed by atoms with Gasteiger partial charge in [0.2, 0.25) is 0 Å². The number of rotatable bonds is 9. The van der Waals surface area contributed by atoms with Gasteiger partial charge in [-0.15, -0.1) is 0 Å². The molecule has 0 saturated carbocycles. The number of halogens is 1. The van der Waals surface area contributed by atoms with Crippen molar-refractivity contribution in [2.24, 2.45) is 16.5 Å². The number of carboxylic acid groups (broad SMARTS) is 1. The highest BCUT2D eigenvalue weighted by Gasteiger charge is 2.14. The van der Waals surface area contributed by atoms with Gasteiger partial charge in [0.1, 0.15) is 0 Å². The van der Waals surface area contributed by atoms with Crippen LogP contribution in [0.5, 0.6) is 0 Å². The maximum atomic E-state index is 10.7. The first-order chi connectivity index (χ1) is 15.9. The summed E-state index contributed by atoms with van der Waals surface area (Å²) in [7, 11) is 0. The molecule has 1 saturated heterocycles. The SMILES string of the molecule is C=C/C(=C\C=C\N1CCN(CCCC(=O)O)CC1)c1nc(N=C(N)N)nc2ccc(Cl)cc12. The lowest BCUT2D eigenvalue weighted by Crippen LogP contribution is -2.44. The summed E-state index contributed by atoms with van der Waals surface area (Å²) in [5.74, 6) is -0.707. The summed E-state index contributed by atoms with van der Waals surface area (Å²) in [5.41, 5.74) is 13.1. The first-order valence-electron chi connectivity index (χ1n) is 10.6. The minimum absolute atomic E-state index is 0.125. The van der Waals surface area contributed by atoms with Crippen LogP contribution in [-0.4, -0.2) is 69.5 Å². The number of aliphatic carboxylic acids is 1. The van der Waals surface area contributed by atoms with Crippen molar-refractivity contribution in [1.29, 1.82) is 0 Å². The number of guanidine groups is 1. The average Bonchev–Trinajstić information content (AvgIpc) is 2.77. The van der Waals surface area contributed by atoms with E-state index in [0.29, 0.717) is 22.7 Å². The molecule has 0 radical (unpaired) electrons. The van der Waals surface area contributed by atoms with Crippen molar-refractivity contribution in [3.8, 4) is 0 Å². The summed E-state index contributed by atoms with van der Waals surface area (Å²) >= 11 is 6.21. The Morgan fingerprint density at radius 1 is 1.24 bits per heavy atom. The molecule has 0 amide bonds. The number of hydrogen-bond donors (Lipinski definition) is 3. The van der Waals surface area contributed by atoms with Gasteiger partial charge in [-0.2, -0.15) is 4.99 Å². The number of fused-ring (bicyclic) bond motifs is 1. The van der Waals surface area contributed by atoms with Crippen LogP contribution in [0.2, 0.25) is 5.02 Å². The molecule has 0 aliphatic carbocycles. The van der Waals surface area contributed by atoms with Crippen molar-refractivity contribution in [2.45, 2.75) is 12.8 Å². The van der Waals surface area contributed by atoms with Crippen molar-refractivity contribution < 1.29 is 9.90 Å². The van der Waals surface area contributed by atoms with Gasteiger partial charge in [-0.1, -0.05) is 30.3 Å². The number of nitrogens with zero attached hydrogens (tertiary/aromatic N) is 5. The van der Waals surface area contributed by atoms with Gasteiger partial charge in [0.25, 0.3) is 5.95 Å². The lowest BCUT2D eigenvalue weighted by Gasteiger charge is -2.33. The summed E-state index contributed by atoms with van der Waals surface area (Å²) < 4.78 is 0. The van der Waals surface area contributed by atoms with Crippen molar-refractivity contribution in [2.75, 3.05) is 32.7 Å². The van der Waals surface area contributed by atoms with Crippen LogP contribution in [-0.2, 0) is 4.79 Å². The minimum atomic E-state index is -0.745. The Morgan fingerprint density at radius 3 is 2.67 bits per heavy atom. The topological polar surface area (TPSA) is 134 Å². The Bertz CT molecular complexity index is 1100. The van der Waals surface area contributed by atoms with Gasteiger partial charge in [0.15, 0.2) is 5.96 Å². The van der Waals surface area contributed by atoms with E-state index in [4.69, 9.17) is 28.2 Å². The van der Waals surface area contributed by atoms with Crippen LogP contribution in [0.25, 0.3) is 16.5 Å². The molecule has 5 N–H and O–H groups in total. The highest BCUT2D eigenvalue weighted by Crippen LogP contribution is 2.28. The van der Waals surface area contributed by atoms with Crippen LogP contribution < -0.4 is 11.5 Å². The van der Waals surface area contributed by atoms with Crippen LogP contribution in [0.4, 0.5) is 5.95 Å². The molecule has 0 spiro atoms. The maximum absolute atomic E-state index is 10.7. The van der Waals surface area contributed by atoms with Gasteiger partial charge in [0.05, 0.1) is 11.2 Å². The second-order valence-corrected chi connectivity index (χ2v) is 8.05. The Morgan fingerprint density at radius 2 is 2.00 bits per heavy atom. The summed E-state index contributed by atoms with van der Waals surface area (Å²) in [4.78, 5) is 28.1. The van der Waals surface area contributed by atoms with Crippen LogP contribution in [0.1, 0.15) is 18.5 Å². The highest BCUT2D eigenvalue weighted by atomic mass is 35.5. The molecule has 0 bridgehead atoms. The molecular weight excluding hydrogens is 442 g/mol. The molecule has 10 heteroatoms. The number of carboxylic acids is 1. The third kappa shape index (κ3) is 7.03. The van der Waals surface area contributed by atoms with E-state index >= 15 is 0 Å². The first kappa shape index (κ1) is 24.2. The number of allylic oxidation sites excluding steroid dienone is 4. The monoisotopic (exact) mass is 469 g/mol. The van der Waals surface area contributed by atoms with Crippen LogP contribution in [0.3, 0.4) is 0 Å². The van der Waals surface area contributed by atoms with E-state index in [1.54, 1.807) is 24.3 Å². The molecule has 1 fully saturated rings. The fraction of sp³-hybridized carbons (Fsp3) is 0.304. The number of aliphatic imine (C=N–C) groups is 1. The molecule has 2 aromatic rings. The maximum Gasteiger partial charge on any atom is 0.303 e. The van der Waals surface area contributed by atoms with Crippen molar-refractivity contribution in [3.63, 3.8) is 0 Å². The van der Waals surface area contributed by atoms with E-state index in [2.05, 4.69) is 31.3 Å². The first-order valence-corrected chi connectivity index (χ1v) is 11.0. The largest absolute Gasteiger partial charge is 0.481 e. The van der Waals surface area contributed by atoms with Crippen molar-refractivity contribution >= 4 is 46.0 Å². The van der Waals surface area contributed by atoms with Gasteiger partial charge in [-0.25, -0.2) is 9.97 Å². The molecule has 3 rings (SSSR count). The number of piperazine rings is 1. The second kappa shape index (κ2) is 11.4. The summed E-state index contributed by atoms with van der Waals surface area (Å²) in [6, 6.07) is 5.34. The van der Waals surface area contributed by atoms with E-state index < -0.39 is 5.97 Å². The van der Waals surface area contributed by atoms with Crippen LogP contribution in [0, 0.1) is 0 Å². The second-order valence-electron chi connectivity index (χ2n) is 7.61. The van der Waals surface area contributed by atoms with Crippen molar-refractivity contribution in [1.82, 2.24) is 19.8 Å². The van der Waals surface area contributed by atoms with Gasteiger partial charge in [0, 0.05) is 48.6 Å². The van der Waals surface area contributed by atoms with Gasteiger partial charge in [-0.3, -0.25) is 9.69 Å². The van der Waals surface area contributed by atoms with Crippen LogP contribution >= 0.6 is 11.6 Å². The number of hydrogen-bond acceptors (Lipinski definition) is 6. The zero-order valence-corrected chi connectivity index (χ0v) is 19.1. The third-order valence-corrected chi connectivity index (χ3v) is 5.45. The number of benzene rings is 1. The van der Waals surface area contributed by atoms with Gasteiger partial charge in [-0.05, 0) is 43.4 Å². The fourth-order valence-electron chi connectivity index (χ4n) is 3.58. The number of carbonyl (C=O) groups is 1. The number of nitrogens with two attached hydrogens (primary N) is 2. The summed E-state index contributed by atoms with van der Waals surface area (Å²) in [5, 5.41) is 10.1. The molecule has 1 aromatic heterocycles. The third-order valence-electron chi connectivity index (χ3n) is 5.21. The summed E-state index contributed by atoms with van der Waals surface area (Å²) in [6.07, 6.45) is 8.51. The van der Waals surface area contributed by atoms with E-state index in [1.807, 2.05) is 18.4 Å². The smallest absolute Gasteiger partial charge is 0.303 e. The zero-order chi connectivity index (χ0) is 23.8. The molecule has 1 aliphatic heterocycles. The molecule has 2 heterocycles. The van der Waals surface area contributed by atoms with Crippen molar-refractivity contribution in [3.05, 3.63) is 59.9 Å². The van der Waals surface area contributed by atoms with Gasteiger partial charge >= 0.3 is 5.97 Å². The zero-order valence-electron chi connectivity index (χ0n) is 18.3. The Hall–Kier alpha value is -3.43. The molecular formula is C23H28ClN7O2. The molecule has 33 heavy (non-hydrogen) atoms. The fourth-order valence-corrected chi connectivity index (χ4v) is 3.75. The lowest BCUT2D eigenvalue weighted by molar-refractivity contribution is -0.137. The van der Waals surface area contributed by atoms with E-state index in [9.17, 15) is 4.79 Å². The normalized spacial score (nSPS) is 15.2. The minimum Gasteiger partial charge on any atom is -0.481 e. The Balaban J connectivity index is 1.75. The quantitative estimate of drug-likeness (QED) is 0.290. The lowest BCUT2D eigenvalue weighted by atomic mass is 10.1. The van der Waals surface area contributed by atoms with Gasteiger partial charge < -0.3 is 21.5 Å². The molecule has 174 valence electrons. The average molecular weight is 470 g/mol. The molecule has 1 aromatic carbocycles. The van der Waals surface area contributed by atoms with E-state index in [1.165, 1.54) is 0 Å². The van der Waals surface area contributed by atoms with Crippen LogP contribution in [0.15, 0.2) is 54.2 Å². The highest BCUT2D eigenvalue weighted by molar-refractivity contribution is 6.31. The number of aromatic nitrogens is 2. The van der Waals surface area contributed by atoms with E-state index in [-0.39, 0.29) is 18.3 Å². The Kier molecular flexibility index (Phi) is 8.39. The predicted molar refractivity (Wildman–Crippen MR) is 132 cm³/mol. The predicted octanol–water partition coefficient (Wildman–Crippen LogP) is 2.75. The standard InChI is InChI=1S/C23H28ClN7O2/c1-2-16(5-3-9-30-11-13-31(14-12-30)10-4-6-20(32)33)21-18-15-17(24)7-8-19(18)27-23(28-21)29-22(25)26/h2-3,5,7-9,15H,1,4,6,10-14H2,(H,32,33)(H4,25,26,27,28,29)/b9-3+,16-5+. The molecule has 0 unspecified atom stereocenters. The molecule has 0 atom stereocenters.